The van der Waals surface area contributed by atoms with Crippen LogP contribution >= 0.6 is 0 Å². The van der Waals surface area contributed by atoms with Gasteiger partial charge >= 0.3 is 0 Å². The number of nitrogens with one attached hydrogen (secondary N) is 3. The van der Waals surface area contributed by atoms with Crippen LogP contribution in [0.25, 0.3) is 0 Å². The third kappa shape index (κ3) is 4.79. The highest BCUT2D eigenvalue weighted by atomic mass is 16.3. The van der Waals surface area contributed by atoms with Gasteiger partial charge in [0.05, 0.1) is 11.7 Å². The average Bonchev–Trinajstić information content (AvgIpc) is 3.65. The largest absolute Gasteiger partial charge is 0.393 e. The zero-order valence-electron chi connectivity index (χ0n) is 20.6. The van der Waals surface area contributed by atoms with Crippen LogP contribution in [0.15, 0.2) is 54.2 Å². The number of amides is 2. The topological polar surface area (TPSA) is 109 Å². The first kappa shape index (κ1) is 24.2. The number of hydrogen-bond acceptors (Lipinski definition) is 6. The molecule has 0 saturated heterocycles. The van der Waals surface area contributed by atoms with Crippen molar-refractivity contribution in [1.29, 1.82) is 5.41 Å². The Morgan fingerprint density at radius 2 is 1.97 bits per heavy atom. The molecule has 1 saturated carbocycles. The molecule has 1 atom stereocenters. The molecule has 0 bridgehead atoms. The minimum Gasteiger partial charge on any atom is -0.393 e. The van der Waals surface area contributed by atoms with Crippen LogP contribution in [0, 0.1) is 5.41 Å². The first-order valence-corrected chi connectivity index (χ1v) is 12.5. The Hall–Kier alpha value is -3.49. The number of benzene rings is 2. The maximum Gasteiger partial charge on any atom is 0.258 e. The molecule has 2 heterocycles. The van der Waals surface area contributed by atoms with Crippen molar-refractivity contribution in [2.24, 2.45) is 0 Å². The number of hydrogen-bond donors (Lipinski definition) is 4. The van der Waals surface area contributed by atoms with E-state index in [2.05, 4.69) is 39.8 Å². The lowest BCUT2D eigenvalue weighted by Gasteiger charge is -2.37. The zero-order valence-corrected chi connectivity index (χ0v) is 20.6. The third-order valence-electron chi connectivity index (χ3n) is 7.54. The van der Waals surface area contributed by atoms with E-state index in [1.54, 1.807) is 18.0 Å². The average molecular weight is 488 g/mol. The van der Waals surface area contributed by atoms with E-state index < -0.39 is 12.0 Å². The Bertz CT molecular complexity index is 1220. The molecule has 2 aromatic carbocycles. The van der Waals surface area contributed by atoms with Crippen molar-refractivity contribution in [3.05, 3.63) is 76.5 Å². The molecule has 1 unspecified atom stereocenters. The number of rotatable bonds is 8. The van der Waals surface area contributed by atoms with Crippen LogP contribution in [0.5, 0.6) is 0 Å². The molecule has 2 aromatic rings. The maximum atomic E-state index is 13.5. The lowest BCUT2D eigenvalue weighted by molar-refractivity contribution is -0.112. The highest BCUT2D eigenvalue weighted by Crippen LogP contribution is 2.52. The monoisotopic (exact) mass is 487 g/mol. The predicted octanol–water partition coefficient (Wildman–Crippen LogP) is 2.28. The molecular formula is C28H33N5O3. The van der Waals surface area contributed by atoms with Gasteiger partial charge in [0.25, 0.3) is 11.8 Å². The van der Waals surface area contributed by atoms with Crippen LogP contribution in [-0.4, -0.2) is 72.3 Å². The number of carbonyl (C=O) groups is 2. The molecule has 1 spiro atoms. The van der Waals surface area contributed by atoms with Crippen LogP contribution in [0.4, 0.5) is 5.69 Å². The second-order valence-electron chi connectivity index (χ2n) is 10.1. The normalized spacial score (nSPS) is 19.3. The Morgan fingerprint density at radius 3 is 2.69 bits per heavy atom. The summed E-state index contributed by atoms with van der Waals surface area (Å²) >= 11 is 0. The van der Waals surface area contributed by atoms with Crippen molar-refractivity contribution in [3.63, 3.8) is 0 Å². The number of aliphatic hydroxyl groups is 1. The quantitative estimate of drug-likeness (QED) is 0.338. The molecular weight excluding hydrogens is 454 g/mol. The molecule has 0 aromatic heterocycles. The molecule has 1 aliphatic carbocycles. The van der Waals surface area contributed by atoms with Gasteiger partial charge in [0.2, 0.25) is 0 Å². The van der Waals surface area contributed by atoms with Crippen molar-refractivity contribution >= 4 is 23.7 Å². The van der Waals surface area contributed by atoms with Gasteiger partial charge in [-0.25, -0.2) is 0 Å². The molecule has 8 nitrogen and oxygen atoms in total. The van der Waals surface area contributed by atoms with Gasteiger partial charge in [-0.2, -0.15) is 0 Å². The third-order valence-corrected chi connectivity index (χ3v) is 7.54. The lowest BCUT2D eigenvalue weighted by Crippen LogP contribution is -2.49. The van der Waals surface area contributed by atoms with Crippen molar-refractivity contribution in [2.45, 2.75) is 37.3 Å². The van der Waals surface area contributed by atoms with Gasteiger partial charge in [0, 0.05) is 68.9 Å². The fourth-order valence-electron chi connectivity index (χ4n) is 5.53. The Balaban J connectivity index is 1.28. The van der Waals surface area contributed by atoms with Gasteiger partial charge in [-0.05, 0) is 48.1 Å². The van der Waals surface area contributed by atoms with Gasteiger partial charge < -0.3 is 26.0 Å². The van der Waals surface area contributed by atoms with Crippen LogP contribution in [0.3, 0.4) is 0 Å². The molecule has 8 heteroatoms. The summed E-state index contributed by atoms with van der Waals surface area (Å²) in [6.07, 6.45) is 4.80. The number of fused-ring (bicyclic) bond motifs is 3. The molecule has 36 heavy (non-hydrogen) atoms. The predicted molar refractivity (Wildman–Crippen MR) is 139 cm³/mol. The zero-order chi connectivity index (χ0) is 25.3. The van der Waals surface area contributed by atoms with Gasteiger partial charge in [0.15, 0.2) is 0 Å². The van der Waals surface area contributed by atoms with Crippen molar-refractivity contribution in [3.8, 4) is 0 Å². The van der Waals surface area contributed by atoms with E-state index in [0.29, 0.717) is 24.3 Å². The first-order chi connectivity index (χ1) is 17.4. The maximum absolute atomic E-state index is 13.5. The second-order valence-corrected chi connectivity index (χ2v) is 10.1. The minimum atomic E-state index is -0.638. The first-order valence-electron chi connectivity index (χ1n) is 12.5. The molecule has 2 amide bonds. The fraction of sp³-hybridized carbons (Fsp3) is 0.393. The van der Waals surface area contributed by atoms with Crippen molar-refractivity contribution < 1.29 is 14.7 Å². The van der Waals surface area contributed by atoms with Crippen LogP contribution in [0.2, 0.25) is 0 Å². The smallest absolute Gasteiger partial charge is 0.258 e. The SMILES string of the molecule is CN/C=C(\C=N)C(=O)Nc1ccc2c(c1)C(=O)N(CC(O)CN1CCc3ccccc3C1)CC21CC1. The summed E-state index contributed by atoms with van der Waals surface area (Å²) in [5, 5.41) is 23.9. The summed E-state index contributed by atoms with van der Waals surface area (Å²) in [5.41, 5.74) is 4.94. The van der Waals surface area contributed by atoms with Gasteiger partial charge in [0.1, 0.15) is 0 Å². The molecule has 0 radical (unpaired) electrons. The van der Waals surface area contributed by atoms with E-state index in [1.165, 1.54) is 17.3 Å². The van der Waals surface area contributed by atoms with Crippen molar-refractivity contribution in [2.75, 3.05) is 38.5 Å². The summed E-state index contributed by atoms with van der Waals surface area (Å²) in [6, 6.07) is 13.9. The van der Waals surface area contributed by atoms with E-state index in [1.807, 2.05) is 12.1 Å². The number of β-amino-alcohol motifs (C(OH)–C–C–N with tert-alkyl or cyclic N) is 1. The molecule has 188 valence electrons. The fourth-order valence-corrected chi connectivity index (χ4v) is 5.53. The van der Waals surface area contributed by atoms with Crippen LogP contribution < -0.4 is 10.6 Å². The number of anilines is 1. The number of nitrogens with zero attached hydrogens (tertiary/aromatic N) is 2. The standard InChI is InChI=1S/C28H33N5O3/c1-30-14-21(13-29)26(35)31-22-6-7-25-24(12-22)27(36)33(18-28(25)9-10-28)17-23(34)16-32-11-8-19-4-2-3-5-20(19)15-32/h2-7,12-14,23,29-30,34H,8-11,15-18H2,1H3,(H,31,35)/b21-14+,29-13?. The van der Waals surface area contributed by atoms with E-state index in [9.17, 15) is 14.7 Å². The minimum absolute atomic E-state index is 0.0539. The van der Waals surface area contributed by atoms with E-state index in [4.69, 9.17) is 5.41 Å². The summed E-state index contributed by atoms with van der Waals surface area (Å²) in [5.74, 6) is -0.529. The van der Waals surface area contributed by atoms with Crippen LogP contribution in [-0.2, 0) is 23.2 Å². The summed E-state index contributed by atoms with van der Waals surface area (Å²) in [7, 11) is 1.66. The van der Waals surface area contributed by atoms with Gasteiger partial charge in [-0.3, -0.25) is 14.5 Å². The lowest BCUT2D eigenvalue weighted by atomic mass is 9.86. The van der Waals surface area contributed by atoms with E-state index >= 15 is 0 Å². The summed E-state index contributed by atoms with van der Waals surface area (Å²) < 4.78 is 0. The van der Waals surface area contributed by atoms with E-state index in [-0.39, 0.29) is 23.4 Å². The second kappa shape index (κ2) is 9.87. The van der Waals surface area contributed by atoms with Gasteiger partial charge in [-0.1, -0.05) is 30.3 Å². The molecule has 5 rings (SSSR count). The number of carbonyl (C=O) groups excluding carboxylic acids is 2. The highest BCUT2D eigenvalue weighted by Gasteiger charge is 2.51. The van der Waals surface area contributed by atoms with Gasteiger partial charge in [-0.15, -0.1) is 0 Å². The summed E-state index contributed by atoms with van der Waals surface area (Å²) in [6.45, 7) is 3.15. The summed E-state index contributed by atoms with van der Waals surface area (Å²) in [4.78, 5) is 30.0. The van der Waals surface area contributed by atoms with Crippen LogP contribution in [0.1, 0.15) is 39.9 Å². The Labute approximate surface area is 211 Å². The van der Waals surface area contributed by atoms with Crippen molar-refractivity contribution in [1.82, 2.24) is 15.1 Å². The molecule has 4 N–H and O–H groups in total. The Kier molecular flexibility index (Phi) is 6.64. The molecule has 2 aliphatic heterocycles. The molecule has 1 fully saturated rings. The molecule has 3 aliphatic rings. The highest BCUT2D eigenvalue weighted by molar-refractivity contribution is 6.17. The Morgan fingerprint density at radius 1 is 1.19 bits per heavy atom. The van der Waals surface area contributed by atoms with E-state index in [0.717, 1.165) is 44.1 Å². The number of aliphatic hydroxyl groups excluding tert-OH is 1.